The fourth-order valence-electron chi connectivity index (χ4n) is 2.46. The smallest absolute Gasteiger partial charge is 0.413 e. The number of nitrogens with one attached hydrogen (secondary N) is 1. The predicted molar refractivity (Wildman–Crippen MR) is 94.7 cm³/mol. The van der Waals surface area contributed by atoms with Gasteiger partial charge in [0.15, 0.2) is 0 Å². The van der Waals surface area contributed by atoms with Crippen molar-refractivity contribution in [2.24, 2.45) is 0 Å². The summed E-state index contributed by atoms with van der Waals surface area (Å²) in [7, 11) is 0. The largest absolute Gasteiger partial charge is 0.480 e. The van der Waals surface area contributed by atoms with Crippen molar-refractivity contribution in [1.29, 1.82) is 0 Å². The third-order valence-corrected chi connectivity index (χ3v) is 3.57. The number of carbonyl (C=O) groups excluding carboxylic acids is 1. The van der Waals surface area contributed by atoms with Gasteiger partial charge in [0.25, 0.3) is 0 Å². The molecule has 0 fully saturated rings. The van der Waals surface area contributed by atoms with Crippen molar-refractivity contribution >= 4 is 17.7 Å². The van der Waals surface area contributed by atoms with Gasteiger partial charge < -0.3 is 20.1 Å². The van der Waals surface area contributed by atoms with Gasteiger partial charge in [-0.3, -0.25) is 0 Å². The van der Waals surface area contributed by atoms with Gasteiger partial charge in [0.05, 0.1) is 0 Å². The number of carboxylic acid groups (broad SMARTS) is 1. The molecule has 0 bridgehead atoms. The molecule has 0 aliphatic rings. The van der Waals surface area contributed by atoms with Gasteiger partial charge in [-0.25, -0.2) is 9.59 Å². The normalized spacial score (nSPS) is 11.6. The van der Waals surface area contributed by atoms with Gasteiger partial charge in [0.1, 0.15) is 11.8 Å². The summed E-state index contributed by atoms with van der Waals surface area (Å²) in [5.41, 5.74) is 1.08. The Morgan fingerprint density at radius 3 is 2.12 bits per heavy atom. The van der Waals surface area contributed by atoms with E-state index in [1.165, 1.54) is 0 Å². The summed E-state index contributed by atoms with van der Waals surface area (Å²) < 4.78 is 5.16. The minimum atomic E-state index is -1.06. The number of carboxylic acids is 1. The van der Waals surface area contributed by atoms with Gasteiger partial charge in [-0.15, -0.1) is 0 Å². The molecule has 1 aromatic carbocycles. The van der Waals surface area contributed by atoms with E-state index in [1.807, 2.05) is 19.1 Å². The number of hydrogen-bond acceptors (Lipinski definition) is 4. The first-order chi connectivity index (χ1) is 11.5. The van der Waals surface area contributed by atoms with Crippen LogP contribution >= 0.6 is 0 Å². The zero-order valence-electron chi connectivity index (χ0n) is 14.7. The molecule has 0 unspecified atom stereocenters. The van der Waals surface area contributed by atoms with Gasteiger partial charge in [-0.1, -0.05) is 27.2 Å². The summed E-state index contributed by atoms with van der Waals surface area (Å²) in [5, 5.41) is 11.4. The zero-order valence-corrected chi connectivity index (χ0v) is 14.7. The van der Waals surface area contributed by atoms with E-state index in [0.717, 1.165) is 31.6 Å². The summed E-state index contributed by atoms with van der Waals surface area (Å²) >= 11 is 0. The average molecular weight is 336 g/mol. The van der Waals surface area contributed by atoms with Crippen LogP contribution in [-0.4, -0.2) is 36.3 Å². The molecule has 6 heteroatoms. The molecule has 1 aromatic rings. The highest BCUT2D eigenvalue weighted by Crippen LogP contribution is 2.20. The van der Waals surface area contributed by atoms with Crippen LogP contribution in [0.15, 0.2) is 24.3 Å². The van der Waals surface area contributed by atoms with Crippen molar-refractivity contribution in [2.75, 3.05) is 18.0 Å². The van der Waals surface area contributed by atoms with E-state index in [2.05, 4.69) is 24.1 Å². The number of carbonyl (C=O) groups is 2. The molecule has 0 heterocycles. The number of rotatable bonds is 10. The highest BCUT2D eigenvalue weighted by molar-refractivity contribution is 5.80. The molecule has 1 amide bonds. The van der Waals surface area contributed by atoms with Crippen LogP contribution in [0.3, 0.4) is 0 Å². The van der Waals surface area contributed by atoms with Crippen molar-refractivity contribution in [2.45, 2.75) is 52.5 Å². The Hall–Kier alpha value is -2.24. The van der Waals surface area contributed by atoms with Gasteiger partial charge in [0, 0.05) is 18.8 Å². The van der Waals surface area contributed by atoms with Crippen LogP contribution in [0.2, 0.25) is 0 Å². The van der Waals surface area contributed by atoms with Crippen molar-refractivity contribution in [3.8, 4) is 5.75 Å². The van der Waals surface area contributed by atoms with Crippen LogP contribution in [0.1, 0.15) is 46.5 Å². The molecule has 1 atom stereocenters. The molecule has 134 valence electrons. The summed E-state index contributed by atoms with van der Waals surface area (Å²) in [6.45, 7) is 8.09. The van der Waals surface area contributed by atoms with Crippen molar-refractivity contribution < 1.29 is 19.4 Å². The third kappa shape index (κ3) is 6.48. The lowest BCUT2D eigenvalue weighted by molar-refractivity contribution is -0.139. The van der Waals surface area contributed by atoms with E-state index < -0.39 is 18.1 Å². The highest BCUT2D eigenvalue weighted by atomic mass is 16.6. The second kappa shape index (κ2) is 10.5. The second-order valence-electron chi connectivity index (χ2n) is 5.69. The topological polar surface area (TPSA) is 78.9 Å². The molecule has 1 rings (SSSR count). The number of anilines is 1. The van der Waals surface area contributed by atoms with Gasteiger partial charge >= 0.3 is 12.1 Å². The lowest BCUT2D eigenvalue weighted by atomic mass is 10.2. The number of hydrogen-bond donors (Lipinski definition) is 2. The molecule has 0 aliphatic heterocycles. The van der Waals surface area contributed by atoms with E-state index in [9.17, 15) is 9.59 Å². The van der Waals surface area contributed by atoms with Crippen LogP contribution in [-0.2, 0) is 4.79 Å². The molecule has 0 radical (unpaired) electrons. The fourth-order valence-corrected chi connectivity index (χ4v) is 2.46. The van der Waals surface area contributed by atoms with Crippen molar-refractivity contribution in [1.82, 2.24) is 5.32 Å². The van der Waals surface area contributed by atoms with E-state index >= 15 is 0 Å². The van der Waals surface area contributed by atoms with Crippen molar-refractivity contribution in [3.63, 3.8) is 0 Å². The maximum atomic E-state index is 11.8. The fraction of sp³-hybridized carbons (Fsp3) is 0.556. The van der Waals surface area contributed by atoms with Gasteiger partial charge in [-0.05, 0) is 43.5 Å². The summed E-state index contributed by atoms with van der Waals surface area (Å²) in [6, 6.07) is 6.35. The number of amides is 1. The van der Waals surface area contributed by atoms with Gasteiger partial charge in [0.2, 0.25) is 0 Å². The maximum absolute atomic E-state index is 11.8. The molecule has 0 saturated heterocycles. The minimum Gasteiger partial charge on any atom is -0.480 e. The monoisotopic (exact) mass is 336 g/mol. The Labute approximate surface area is 143 Å². The Morgan fingerprint density at radius 2 is 1.67 bits per heavy atom. The molecule has 24 heavy (non-hydrogen) atoms. The second-order valence-corrected chi connectivity index (χ2v) is 5.69. The molecular weight excluding hydrogens is 308 g/mol. The quantitative estimate of drug-likeness (QED) is 0.682. The molecule has 0 spiro atoms. The molecular formula is C18H28N2O4. The Kier molecular flexibility index (Phi) is 8.68. The Bertz CT molecular complexity index is 510. The lowest BCUT2D eigenvalue weighted by Crippen LogP contribution is -2.42. The zero-order chi connectivity index (χ0) is 17.9. The number of aliphatic carboxylic acids is 1. The molecule has 0 aliphatic carbocycles. The third-order valence-electron chi connectivity index (χ3n) is 3.57. The van der Waals surface area contributed by atoms with Gasteiger partial charge in [-0.2, -0.15) is 0 Å². The highest BCUT2D eigenvalue weighted by Gasteiger charge is 2.19. The standard InChI is InChI=1S/C18H28N2O4/c1-4-7-16(17(21)22)19-18(23)24-15-10-8-14(9-11-15)20(12-5-2)13-6-3/h8-11,16H,4-7,12-13H2,1-3H3,(H,19,23)(H,21,22)/t16-/m0/s1. The SMILES string of the molecule is CCC[C@H](NC(=O)Oc1ccc(N(CCC)CCC)cc1)C(=O)O. The van der Waals surface area contributed by atoms with E-state index in [4.69, 9.17) is 9.84 Å². The molecule has 6 nitrogen and oxygen atoms in total. The van der Waals surface area contributed by atoms with Crippen LogP contribution in [0.4, 0.5) is 10.5 Å². The van der Waals surface area contributed by atoms with Crippen LogP contribution in [0.5, 0.6) is 5.75 Å². The summed E-state index contributed by atoms with van der Waals surface area (Å²) in [5.74, 6) is -0.663. The Morgan fingerprint density at radius 1 is 1.08 bits per heavy atom. The lowest BCUT2D eigenvalue weighted by Gasteiger charge is -2.23. The Balaban J connectivity index is 2.65. The number of ether oxygens (including phenoxy) is 1. The first-order valence-electron chi connectivity index (χ1n) is 8.57. The first-order valence-corrected chi connectivity index (χ1v) is 8.57. The van der Waals surface area contributed by atoms with E-state index in [-0.39, 0.29) is 0 Å². The maximum Gasteiger partial charge on any atom is 0.413 e. The predicted octanol–water partition coefficient (Wildman–Crippen LogP) is 3.65. The van der Waals surface area contributed by atoms with Crippen LogP contribution < -0.4 is 15.0 Å². The van der Waals surface area contributed by atoms with E-state index in [0.29, 0.717) is 18.6 Å². The number of nitrogens with zero attached hydrogens (tertiary/aromatic N) is 1. The van der Waals surface area contributed by atoms with Crippen molar-refractivity contribution in [3.05, 3.63) is 24.3 Å². The molecule has 0 saturated carbocycles. The molecule has 0 aromatic heterocycles. The minimum absolute atomic E-state index is 0.367. The summed E-state index contributed by atoms with van der Waals surface area (Å²) in [6.07, 6.45) is 2.41. The van der Waals surface area contributed by atoms with Crippen LogP contribution in [0.25, 0.3) is 0 Å². The van der Waals surface area contributed by atoms with Crippen LogP contribution in [0, 0.1) is 0 Å². The summed E-state index contributed by atoms with van der Waals surface area (Å²) in [4.78, 5) is 25.1. The number of benzene rings is 1. The molecule has 2 N–H and O–H groups in total. The average Bonchev–Trinajstić information content (AvgIpc) is 2.55. The first kappa shape index (κ1) is 19.8. The van der Waals surface area contributed by atoms with E-state index in [1.54, 1.807) is 12.1 Å².